The summed E-state index contributed by atoms with van der Waals surface area (Å²) >= 11 is 0. The topological polar surface area (TPSA) is 68.9 Å². The van der Waals surface area contributed by atoms with Crippen LogP contribution in [0.4, 0.5) is 5.69 Å². The highest BCUT2D eigenvalue weighted by atomic mass is 127. The number of benzene rings is 2. The van der Waals surface area contributed by atoms with Crippen molar-refractivity contribution in [2.45, 2.75) is 25.9 Å². The van der Waals surface area contributed by atoms with Crippen LogP contribution in [0.15, 0.2) is 53.5 Å². The Kier molecular flexibility index (Phi) is 6.92. The molecule has 3 N–H and O–H groups in total. The molecule has 1 heterocycles. The normalized spacial score (nSPS) is 16.0. The molecule has 1 unspecified atom stereocenters. The summed E-state index contributed by atoms with van der Waals surface area (Å²) < 4.78 is 11.3. The number of hydrogen-bond acceptors (Lipinski definition) is 3. The number of aliphatic imine (C=N–C) groups is 1. The maximum absolute atomic E-state index is 5.99. The summed E-state index contributed by atoms with van der Waals surface area (Å²) in [5.41, 5.74) is 8.07. The predicted molar refractivity (Wildman–Crippen MR) is 112 cm³/mol. The third kappa shape index (κ3) is 5.26. The first-order valence-electron chi connectivity index (χ1n) is 8.17. The summed E-state index contributed by atoms with van der Waals surface area (Å²) in [4.78, 5) is 4.44. The average Bonchev–Trinajstić information content (AvgIpc) is 2.98. The molecule has 134 valence electrons. The van der Waals surface area contributed by atoms with Crippen LogP contribution in [0.2, 0.25) is 0 Å². The maximum atomic E-state index is 5.99. The van der Waals surface area contributed by atoms with Crippen LogP contribution in [-0.2, 0) is 0 Å². The van der Waals surface area contributed by atoms with Gasteiger partial charge >= 0.3 is 0 Å². The smallest absolute Gasteiger partial charge is 0.193 e. The third-order valence-corrected chi connectivity index (χ3v) is 3.78. The maximum Gasteiger partial charge on any atom is 0.193 e. The first kappa shape index (κ1) is 19.4. The Bertz CT molecular complexity index is 717. The van der Waals surface area contributed by atoms with Crippen LogP contribution in [-0.4, -0.2) is 25.2 Å². The van der Waals surface area contributed by atoms with Gasteiger partial charge in [0, 0.05) is 17.2 Å². The largest absolute Gasteiger partial charge is 0.493 e. The van der Waals surface area contributed by atoms with Crippen LogP contribution in [0.5, 0.6) is 11.5 Å². The van der Waals surface area contributed by atoms with Crippen molar-refractivity contribution >= 4 is 35.6 Å². The number of ether oxygens (including phenoxy) is 2. The molecule has 0 aromatic heterocycles. The lowest BCUT2D eigenvalue weighted by molar-refractivity contribution is 0.242. The molecule has 6 heteroatoms. The monoisotopic (exact) mass is 453 g/mol. The number of nitrogens with one attached hydrogen (secondary N) is 1. The fraction of sp³-hybridized carbons (Fsp3) is 0.316. The van der Waals surface area contributed by atoms with E-state index in [2.05, 4.69) is 16.4 Å². The van der Waals surface area contributed by atoms with Gasteiger partial charge in [0.15, 0.2) is 5.96 Å². The van der Waals surface area contributed by atoms with Crippen molar-refractivity contribution in [3.63, 3.8) is 0 Å². The quantitative estimate of drug-likeness (QED) is 0.408. The zero-order chi connectivity index (χ0) is 16.9. The molecule has 0 bridgehead atoms. The molecule has 3 rings (SSSR count). The molecule has 0 fully saturated rings. The van der Waals surface area contributed by atoms with E-state index in [1.807, 2.05) is 56.3 Å². The summed E-state index contributed by atoms with van der Waals surface area (Å²) in [6.07, 6.45) is 0.159. The Morgan fingerprint density at radius 2 is 1.96 bits per heavy atom. The van der Waals surface area contributed by atoms with E-state index in [1.165, 1.54) is 5.56 Å². The first-order valence-corrected chi connectivity index (χ1v) is 8.17. The second kappa shape index (κ2) is 8.94. The molecule has 25 heavy (non-hydrogen) atoms. The number of rotatable bonds is 5. The molecule has 1 atom stereocenters. The molecule has 2 aromatic rings. The number of anilines is 1. The number of nitrogens with zero attached hydrogens (tertiary/aromatic N) is 1. The van der Waals surface area contributed by atoms with Gasteiger partial charge in [-0.3, -0.25) is 4.99 Å². The van der Waals surface area contributed by atoms with Gasteiger partial charge in [0.2, 0.25) is 0 Å². The van der Waals surface area contributed by atoms with Crippen molar-refractivity contribution in [2.75, 3.05) is 18.5 Å². The fourth-order valence-corrected chi connectivity index (χ4v) is 2.67. The lowest BCUT2D eigenvalue weighted by Gasteiger charge is -2.11. The highest BCUT2D eigenvalue weighted by Gasteiger charge is 2.23. The van der Waals surface area contributed by atoms with Gasteiger partial charge in [0.1, 0.15) is 11.5 Å². The Labute approximate surface area is 165 Å². The van der Waals surface area contributed by atoms with Crippen molar-refractivity contribution in [3.05, 3.63) is 54.1 Å². The zero-order valence-corrected chi connectivity index (χ0v) is 16.8. The molecule has 0 amide bonds. The molecule has 1 aliphatic heterocycles. The molecule has 1 aliphatic rings. The number of fused-ring (bicyclic) bond motifs is 1. The number of hydrogen-bond donors (Lipinski definition) is 2. The number of halogens is 1. The molecular formula is C19H24IN3O2. The van der Waals surface area contributed by atoms with Gasteiger partial charge in [-0.25, -0.2) is 0 Å². The van der Waals surface area contributed by atoms with E-state index in [-0.39, 0.29) is 36.0 Å². The molecule has 0 saturated carbocycles. The van der Waals surface area contributed by atoms with Crippen molar-refractivity contribution in [1.29, 1.82) is 0 Å². The predicted octanol–water partition coefficient (Wildman–Crippen LogP) is 3.99. The van der Waals surface area contributed by atoms with E-state index in [4.69, 9.17) is 15.2 Å². The minimum atomic E-state index is 0. The lowest BCUT2D eigenvalue weighted by atomic mass is 10.0. The summed E-state index contributed by atoms with van der Waals surface area (Å²) in [7, 11) is 0. The molecule has 0 radical (unpaired) electrons. The van der Waals surface area contributed by atoms with Crippen LogP contribution in [0.1, 0.15) is 25.3 Å². The Hall–Kier alpha value is -1.96. The van der Waals surface area contributed by atoms with Crippen LogP contribution in [0, 0.1) is 0 Å². The average molecular weight is 453 g/mol. The summed E-state index contributed by atoms with van der Waals surface area (Å²) in [6, 6.07) is 15.7. The van der Waals surface area contributed by atoms with Crippen molar-refractivity contribution in [3.8, 4) is 11.5 Å². The second-order valence-electron chi connectivity index (χ2n) is 6.09. The summed E-state index contributed by atoms with van der Waals surface area (Å²) in [5, 5.41) is 3.10. The minimum absolute atomic E-state index is 0. The minimum Gasteiger partial charge on any atom is -0.493 e. The molecule has 0 spiro atoms. The second-order valence-corrected chi connectivity index (χ2v) is 6.09. The Morgan fingerprint density at radius 3 is 2.68 bits per heavy atom. The van der Waals surface area contributed by atoms with E-state index < -0.39 is 0 Å². The number of nitrogens with two attached hydrogens (primary N) is 1. The first-order chi connectivity index (χ1) is 11.6. The van der Waals surface area contributed by atoms with Gasteiger partial charge in [-0.15, -0.1) is 24.0 Å². The van der Waals surface area contributed by atoms with Crippen LogP contribution in [0.25, 0.3) is 0 Å². The highest BCUT2D eigenvalue weighted by molar-refractivity contribution is 14.0. The SMILES string of the molecule is CC(C)Oc1ccc(NC(N)=NCC2COc3ccccc32)cc1.I. The molecule has 5 nitrogen and oxygen atoms in total. The van der Waals surface area contributed by atoms with Crippen molar-refractivity contribution in [2.24, 2.45) is 10.7 Å². The van der Waals surface area contributed by atoms with Gasteiger partial charge in [-0.1, -0.05) is 18.2 Å². The van der Waals surface area contributed by atoms with E-state index in [9.17, 15) is 0 Å². The summed E-state index contributed by atoms with van der Waals surface area (Å²) in [6.45, 7) is 5.26. The van der Waals surface area contributed by atoms with E-state index >= 15 is 0 Å². The number of para-hydroxylation sites is 1. The van der Waals surface area contributed by atoms with Gasteiger partial charge in [-0.05, 0) is 44.2 Å². The van der Waals surface area contributed by atoms with Crippen LogP contribution >= 0.6 is 24.0 Å². The zero-order valence-electron chi connectivity index (χ0n) is 14.4. The van der Waals surface area contributed by atoms with Gasteiger partial charge < -0.3 is 20.5 Å². The van der Waals surface area contributed by atoms with E-state index in [0.29, 0.717) is 19.1 Å². The molecule has 0 saturated heterocycles. The molecular weight excluding hydrogens is 429 g/mol. The van der Waals surface area contributed by atoms with Gasteiger partial charge in [0.25, 0.3) is 0 Å². The van der Waals surface area contributed by atoms with Crippen molar-refractivity contribution < 1.29 is 9.47 Å². The Morgan fingerprint density at radius 1 is 1.24 bits per heavy atom. The lowest BCUT2D eigenvalue weighted by Crippen LogP contribution is -2.23. The van der Waals surface area contributed by atoms with Crippen molar-refractivity contribution in [1.82, 2.24) is 0 Å². The highest BCUT2D eigenvalue weighted by Crippen LogP contribution is 2.33. The van der Waals surface area contributed by atoms with Crippen LogP contribution < -0.4 is 20.5 Å². The van der Waals surface area contributed by atoms with E-state index in [1.54, 1.807) is 0 Å². The summed E-state index contributed by atoms with van der Waals surface area (Å²) in [5.74, 6) is 2.44. The third-order valence-electron chi connectivity index (χ3n) is 3.78. The van der Waals surface area contributed by atoms with Gasteiger partial charge in [0.05, 0.1) is 19.3 Å². The standard InChI is InChI=1S/C19H23N3O2.HI/c1-13(2)24-16-9-7-15(8-10-16)22-19(20)21-11-14-12-23-18-6-4-3-5-17(14)18;/h3-10,13-14H,11-12H2,1-2H3,(H3,20,21,22);1H. The van der Waals surface area contributed by atoms with Crippen LogP contribution in [0.3, 0.4) is 0 Å². The molecule has 2 aromatic carbocycles. The fourth-order valence-electron chi connectivity index (χ4n) is 2.67. The Balaban J connectivity index is 0.00000225. The molecule has 0 aliphatic carbocycles. The van der Waals surface area contributed by atoms with Gasteiger partial charge in [-0.2, -0.15) is 0 Å². The van der Waals surface area contributed by atoms with E-state index in [0.717, 1.165) is 17.2 Å². The number of guanidine groups is 1.